The number of amides is 1. The zero-order chi connectivity index (χ0) is 19.2. The molecule has 1 heterocycles. The van der Waals surface area contributed by atoms with Crippen molar-refractivity contribution < 1.29 is 14.1 Å². The zero-order valence-electron chi connectivity index (χ0n) is 15.8. The number of benzene rings is 2. The number of carbonyl (C=O) groups is 1. The molecule has 0 unspecified atom stereocenters. The third kappa shape index (κ3) is 4.86. The van der Waals surface area contributed by atoms with Crippen LogP contribution in [-0.4, -0.2) is 31.1 Å². The van der Waals surface area contributed by atoms with E-state index in [0.29, 0.717) is 25.0 Å². The predicted octanol–water partition coefficient (Wildman–Crippen LogP) is 1.38. The number of quaternary nitrogens is 1. The number of fused-ring (bicyclic) bond motifs is 1. The molecule has 0 spiro atoms. The summed E-state index contributed by atoms with van der Waals surface area (Å²) in [6.45, 7) is 1.26. The van der Waals surface area contributed by atoms with E-state index in [0.717, 1.165) is 17.6 Å². The number of oxazole rings is 1. The maximum atomic E-state index is 12.5. The lowest BCUT2D eigenvalue weighted by Crippen LogP contribution is -3.06. The van der Waals surface area contributed by atoms with Crippen molar-refractivity contribution in [1.29, 1.82) is 0 Å². The number of para-hydroxylation sites is 2. The topological polar surface area (TPSA) is 68.7 Å². The molecule has 0 radical (unpaired) electrons. The molecule has 0 saturated carbocycles. The summed E-state index contributed by atoms with van der Waals surface area (Å²) < 4.78 is 6.81. The highest BCUT2D eigenvalue weighted by molar-refractivity contribution is 5.76. The first-order chi connectivity index (χ1) is 13.0. The van der Waals surface area contributed by atoms with Crippen LogP contribution >= 0.6 is 0 Å². The molecule has 3 rings (SSSR count). The Bertz CT molecular complexity index is 944. The third-order valence-corrected chi connectivity index (χ3v) is 4.51. The number of nitrogens with zero attached hydrogens (tertiary/aromatic N) is 1. The molecule has 3 aromatic rings. The predicted molar refractivity (Wildman–Crippen MR) is 105 cm³/mol. The Morgan fingerprint density at radius 2 is 1.81 bits per heavy atom. The second kappa shape index (κ2) is 8.68. The Labute approximate surface area is 158 Å². The van der Waals surface area contributed by atoms with Gasteiger partial charge in [-0.15, -0.1) is 0 Å². The smallest absolute Gasteiger partial charge is 0.408 e. The average molecular weight is 368 g/mol. The summed E-state index contributed by atoms with van der Waals surface area (Å²) in [4.78, 5) is 25.7. The van der Waals surface area contributed by atoms with Gasteiger partial charge in [0.15, 0.2) is 5.58 Å². The van der Waals surface area contributed by atoms with Crippen LogP contribution in [0.25, 0.3) is 11.1 Å². The minimum atomic E-state index is -0.380. The monoisotopic (exact) mass is 368 g/mol. The quantitative estimate of drug-likeness (QED) is 0.631. The molecular weight excluding hydrogens is 342 g/mol. The van der Waals surface area contributed by atoms with Crippen molar-refractivity contribution in [2.75, 3.05) is 20.6 Å². The minimum Gasteiger partial charge on any atom is -0.408 e. The van der Waals surface area contributed by atoms with Gasteiger partial charge >= 0.3 is 5.76 Å². The van der Waals surface area contributed by atoms with E-state index in [4.69, 9.17) is 4.42 Å². The minimum absolute atomic E-state index is 0.00838. The van der Waals surface area contributed by atoms with Gasteiger partial charge in [-0.3, -0.25) is 9.36 Å². The molecule has 1 amide bonds. The summed E-state index contributed by atoms with van der Waals surface area (Å²) in [6.07, 6.45) is 0.934. The molecule has 1 atom stereocenters. The largest absolute Gasteiger partial charge is 0.419 e. The van der Waals surface area contributed by atoms with Crippen LogP contribution in [0, 0.1) is 0 Å². The van der Waals surface area contributed by atoms with E-state index in [1.54, 1.807) is 10.6 Å². The van der Waals surface area contributed by atoms with E-state index >= 15 is 0 Å². The first-order valence-electron chi connectivity index (χ1n) is 9.26. The number of carbonyl (C=O) groups excluding carboxylic acids is 1. The van der Waals surface area contributed by atoms with Gasteiger partial charge in [0.05, 0.1) is 19.6 Å². The standard InChI is InChI=1S/C21H25N3O3/c1-23(2)15-17(16-9-4-3-5-10-16)22-20(25)13-8-14-24-18-11-6-7-12-19(18)27-21(24)26/h3-7,9-12,17H,8,13-15H2,1-2H3,(H,22,25)/p+1/t17-/m1/s1. The van der Waals surface area contributed by atoms with Gasteiger partial charge in [-0.2, -0.15) is 0 Å². The van der Waals surface area contributed by atoms with Crippen molar-refractivity contribution in [2.45, 2.75) is 25.4 Å². The molecule has 142 valence electrons. The first kappa shape index (κ1) is 18.9. The number of rotatable bonds is 8. The number of aryl methyl sites for hydroxylation is 1. The molecule has 1 aromatic heterocycles. The van der Waals surface area contributed by atoms with Crippen molar-refractivity contribution in [3.05, 3.63) is 70.7 Å². The van der Waals surface area contributed by atoms with E-state index in [1.807, 2.05) is 48.5 Å². The Hall–Kier alpha value is -2.86. The molecule has 6 heteroatoms. The van der Waals surface area contributed by atoms with Gasteiger partial charge in [-0.1, -0.05) is 42.5 Å². The zero-order valence-corrected chi connectivity index (χ0v) is 15.8. The Kier molecular flexibility index (Phi) is 6.08. The van der Waals surface area contributed by atoms with Crippen molar-refractivity contribution in [2.24, 2.45) is 0 Å². The molecule has 0 aliphatic rings. The van der Waals surface area contributed by atoms with Gasteiger partial charge in [-0.25, -0.2) is 4.79 Å². The van der Waals surface area contributed by atoms with Crippen molar-refractivity contribution in [3.63, 3.8) is 0 Å². The van der Waals surface area contributed by atoms with Crippen LogP contribution in [0.15, 0.2) is 63.8 Å². The van der Waals surface area contributed by atoms with Crippen LogP contribution in [0.2, 0.25) is 0 Å². The highest BCUT2D eigenvalue weighted by Crippen LogP contribution is 2.13. The van der Waals surface area contributed by atoms with Gasteiger partial charge in [0, 0.05) is 13.0 Å². The van der Waals surface area contributed by atoms with E-state index in [1.165, 1.54) is 4.90 Å². The van der Waals surface area contributed by atoms with E-state index in [-0.39, 0.29) is 17.7 Å². The highest BCUT2D eigenvalue weighted by Gasteiger charge is 2.17. The summed E-state index contributed by atoms with van der Waals surface area (Å²) >= 11 is 0. The molecule has 0 aliphatic heterocycles. The molecule has 2 N–H and O–H groups in total. The average Bonchev–Trinajstić information content (AvgIpc) is 2.97. The normalized spacial score (nSPS) is 12.4. The second-order valence-electron chi connectivity index (χ2n) is 7.03. The lowest BCUT2D eigenvalue weighted by Gasteiger charge is -2.21. The second-order valence-corrected chi connectivity index (χ2v) is 7.03. The fourth-order valence-corrected chi connectivity index (χ4v) is 3.24. The third-order valence-electron chi connectivity index (χ3n) is 4.51. The molecular formula is C21H26N3O3+. The molecule has 6 nitrogen and oxygen atoms in total. The van der Waals surface area contributed by atoms with Crippen LogP contribution in [0.5, 0.6) is 0 Å². The number of hydrogen-bond donors (Lipinski definition) is 2. The van der Waals surface area contributed by atoms with E-state index in [9.17, 15) is 9.59 Å². The van der Waals surface area contributed by atoms with Gasteiger partial charge in [0.2, 0.25) is 5.91 Å². The molecule has 0 bridgehead atoms. The number of aromatic nitrogens is 1. The maximum Gasteiger partial charge on any atom is 0.419 e. The Balaban J connectivity index is 1.59. The Morgan fingerprint density at radius 3 is 2.56 bits per heavy atom. The van der Waals surface area contributed by atoms with Crippen LogP contribution in [0.3, 0.4) is 0 Å². The summed E-state index contributed by atoms with van der Waals surface area (Å²) in [5, 5.41) is 3.13. The fourth-order valence-electron chi connectivity index (χ4n) is 3.24. The highest BCUT2D eigenvalue weighted by atomic mass is 16.4. The van der Waals surface area contributed by atoms with Crippen LogP contribution in [0.4, 0.5) is 0 Å². The number of likely N-dealkylation sites (N-methyl/N-ethyl adjacent to an activating group) is 1. The summed E-state index contributed by atoms with van der Waals surface area (Å²) in [7, 11) is 4.14. The van der Waals surface area contributed by atoms with Gasteiger partial charge < -0.3 is 14.6 Å². The van der Waals surface area contributed by atoms with Crippen molar-refractivity contribution >= 4 is 17.0 Å². The van der Waals surface area contributed by atoms with Crippen molar-refractivity contribution in [1.82, 2.24) is 9.88 Å². The van der Waals surface area contributed by atoms with Crippen molar-refractivity contribution in [3.8, 4) is 0 Å². The first-order valence-corrected chi connectivity index (χ1v) is 9.26. The molecule has 0 aliphatic carbocycles. The summed E-state index contributed by atoms with van der Waals surface area (Å²) in [5.74, 6) is -0.388. The number of nitrogens with one attached hydrogen (secondary N) is 2. The summed E-state index contributed by atoms with van der Waals surface area (Å²) in [6, 6.07) is 17.3. The molecule has 2 aromatic carbocycles. The van der Waals surface area contributed by atoms with Crippen LogP contribution in [0.1, 0.15) is 24.4 Å². The molecule has 27 heavy (non-hydrogen) atoms. The molecule has 0 saturated heterocycles. The Morgan fingerprint density at radius 1 is 1.11 bits per heavy atom. The lowest BCUT2D eigenvalue weighted by molar-refractivity contribution is -0.860. The van der Waals surface area contributed by atoms with Crippen LogP contribution in [-0.2, 0) is 11.3 Å². The summed E-state index contributed by atoms with van der Waals surface area (Å²) in [5.41, 5.74) is 2.44. The van der Waals surface area contributed by atoms with Gasteiger partial charge in [0.1, 0.15) is 12.6 Å². The SMILES string of the molecule is C[NH+](C)C[C@@H](NC(=O)CCCn1c(=O)oc2ccccc21)c1ccccc1. The number of hydrogen-bond acceptors (Lipinski definition) is 3. The van der Waals surface area contributed by atoms with Gasteiger partial charge in [-0.05, 0) is 24.1 Å². The maximum absolute atomic E-state index is 12.5. The van der Waals surface area contributed by atoms with E-state index in [2.05, 4.69) is 19.4 Å². The lowest BCUT2D eigenvalue weighted by atomic mass is 10.1. The van der Waals surface area contributed by atoms with Gasteiger partial charge in [0.25, 0.3) is 0 Å². The molecule has 0 fully saturated rings. The van der Waals surface area contributed by atoms with E-state index < -0.39 is 0 Å². The fraction of sp³-hybridized carbons (Fsp3) is 0.333. The van der Waals surface area contributed by atoms with Crippen LogP contribution < -0.4 is 16.0 Å².